The van der Waals surface area contributed by atoms with Crippen LogP contribution < -0.4 is 5.32 Å². The van der Waals surface area contributed by atoms with Gasteiger partial charge in [-0.1, -0.05) is 15.9 Å². The van der Waals surface area contributed by atoms with Crippen molar-refractivity contribution in [2.24, 2.45) is 0 Å². The summed E-state index contributed by atoms with van der Waals surface area (Å²) in [5.74, 6) is -0.376. The standard InChI is InChI=1S/C13H18BrNO3/c1-3-18-13(17)7-11(16)8-15-10-4-5-12(14)9(2)6-10/h4-6,11,15-16H,3,7-8H2,1-2H3. The van der Waals surface area contributed by atoms with Gasteiger partial charge in [-0.3, -0.25) is 4.79 Å². The Bertz CT molecular complexity index is 409. The number of carbonyl (C=O) groups excluding carboxylic acids is 1. The minimum absolute atomic E-state index is 0.0103. The fourth-order valence-corrected chi connectivity index (χ4v) is 1.72. The fraction of sp³-hybridized carbons (Fsp3) is 0.462. The highest BCUT2D eigenvalue weighted by Crippen LogP contribution is 2.19. The van der Waals surface area contributed by atoms with Crippen molar-refractivity contribution in [3.05, 3.63) is 28.2 Å². The summed E-state index contributed by atoms with van der Waals surface area (Å²) in [4.78, 5) is 11.1. The molecule has 5 heteroatoms. The number of carbonyl (C=O) groups is 1. The summed E-state index contributed by atoms with van der Waals surface area (Å²) in [5.41, 5.74) is 2.03. The molecule has 18 heavy (non-hydrogen) atoms. The van der Waals surface area contributed by atoms with E-state index >= 15 is 0 Å². The summed E-state index contributed by atoms with van der Waals surface area (Å²) >= 11 is 3.42. The first-order valence-corrected chi connectivity index (χ1v) is 6.66. The maximum Gasteiger partial charge on any atom is 0.308 e. The van der Waals surface area contributed by atoms with Crippen LogP contribution in [0.2, 0.25) is 0 Å². The Hall–Kier alpha value is -1.07. The number of halogens is 1. The van der Waals surface area contributed by atoms with Gasteiger partial charge in [-0.15, -0.1) is 0 Å². The Morgan fingerprint density at radius 2 is 2.28 bits per heavy atom. The Morgan fingerprint density at radius 3 is 2.89 bits per heavy atom. The Morgan fingerprint density at radius 1 is 1.56 bits per heavy atom. The highest BCUT2D eigenvalue weighted by atomic mass is 79.9. The van der Waals surface area contributed by atoms with Crippen molar-refractivity contribution in [2.75, 3.05) is 18.5 Å². The number of hydrogen-bond donors (Lipinski definition) is 2. The summed E-state index contributed by atoms with van der Waals surface area (Å²) in [6, 6.07) is 5.82. The third-order valence-electron chi connectivity index (χ3n) is 2.41. The molecular formula is C13H18BrNO3. The minimum Gasteiger partial charge on any atom is -0.466 e. The van der Waals surface area contributed by atoms with E-state index in [1.165, 1.54) is 0 Å². The zero-order chi connectivity index (χ0) is 13.5. The van der Waals surface area contributed by atoms with Gasteiger partial charge in [0.15, 0.2) is 0 Å². The van der Waals surface area contributed by atoms with Crippen LogP contribution in [0.25, 0.3) is 0 Å². The van der Waals surface area contributed by atoms with Crippen LogP contribution in [0.1, 0.15) is 18.9 Å². The highest BCUT2D eigenvalue weighted by Gasteiger charge is 2.11. The number of ether oxygens (including phenoxy) is 1. The molecule has 0 heterocycles. The van der Waals surface area contributed by atoms with Gasteiger partial charge in [0, 0.05) is 16.7 Å². The van der Waals surface area contributed by atoms with Crippen molar-refractivity contribution in [3.63, 3.8) is 0 Å². The molecule has 0 saturated carbocycles. The van der Waals surface area contributed by atoms with Gasteiger partial charge >= 0.3 is 5.97 Å². The molecule has 0 amide bonds. The van der Waals surface area contributed by atoms with Gasteiger partial charge in [0.25, 0.3) is 0 Å². The molecule has 0 saturated heterocycles. The number of benzene rings is 1. The van der Waals surface area contributed by atoms with Crippen molar-refractivity contribution in [3.8, 4) is 0 Å². The third kappa shape index (κ3) is 5.06. The smallest absolute Gasteiger partial charge is 0.308 e. The van der Waals surface area contributed by atoms with E-state index in [9.17, 15) is 9.90 Å². The lowest BCUT2D eigenvalue weighted by atomic mass is 10.2. The predicted molar refractivity (Wildman–Crippen MR) is 74.6 cm³/mol. The molecule has 4 nitrogen and oxygen atoms in total. The van der Waals surface area contributed by atoms with Gasteiger partial charge in [0.2, 0.25) is 0 Å². The van der Waals surface area contributed by atoms with Crippen molar-refractivity contribution in [2.45, 2.75) is 26.4 Å². The molecule has 0 aromatic heterocycles. The SMILES string of the molecule is CCOC(=O)CC(O)CNc1ccc(Br)c(C)c1. The first-order valence-electron chi connectivity index (χ1n) is 5.86. The molecule has 0 spiro atoms. The van der Waals surface area contributed by atoms with Crippen LogP contribution >= 0.6 is 15.9 Å². The number of aliphatic hydroxyl groups excluding tert-OH is 1. The third-order valence-corrected chi connectivity index (χ3v) is 3.30. The van der Waals surface area contributed by atoms with E-state index in [0.717, 1.165) is 15.7 Å². The van der Waals surface area contributed by atoms with Crippen LogP contribution in [0.5, 0.6) is 0 Å². The molecule has 100 valence electrons. The summed E-state index contributed by atoms with van der Waals surface area (Å²) < 4.78 is 5.81. The van der Waals surface area contributed by atoms with Gasteiger partial charge in [-0.05, 0) is 37.6 Å². The van der Waals surface area contributed by atoms with E-state index in [1.807, 2.05) is 25.1 Å². The van der Waals surface area contributed by atoms with E-state index in [2.05, 4.69) is 21.2 Å². The number of nitrogens with one attached hydrogen (secondary N) is 1. The van der Waals surface area contributed by atoms with Gasteiger partial charge in [-0.25, -0.2) is 0 Å². The van der Waals surface area contributed by atoms with Gasteiger partial charge in [0.1, 0.15) is 0 Å². The lowest BCUT2D eigenvalue weighted by molar-refractivity contribution is -0.145. The molecule has 0 aliphatic heterocycles. The van der Waals surface area contributed by atoms with Gasteiger partial charge < -0.3 is 15.2 Å². The lowest BCUT2D eigenvalue weighted by Gasteiger charge is -2.13. The maximum absolute atomic E-state index is 11.1. The molecule has 0 aliphatic rings. The Balaban J connectivity index is 2.40. The number of rotatable bonds is 6. The van der Waals surface area contributed by atoms with Crippen molar-refractivity contribution in [1.82, 2.24) is 0 Å². The monoisotopic (exact) mass is 315 g/mol. The molecule has 2 N–H and O–H groups in total. The average molecular weight is 316 g/mol. The van der Waals surface area contributed by atoms with Crippen molar-refractivity contribution in [1.29, 1.82) is 0 Å². The normalized spacial score (nSPS) is 12.0. The number of aryl methyl sites for hydroxylation is 1. The molecule has 1 aromatic carbocycles. The average Bonchev–Trinajstić information content (AvgIpc) is 2.31. The summed E-state index contributed by atoms with van der Waals surface area (Å²) in [7, 11) is 0. The van der Waals surface area contributed by atoms with E-state index in [1.54, 1.807) is 6.92 Å². The lowest BCUT2D eigenvalue weighted by Crippen LogP contribution is -2.23. The molecule has 0 fully saturated rings. The van der Waals surface area contributed by atoms with Crippen LogP contribution in [-0.2, 0) is 9.53 Å². The van der Waals surface area contributed by atoms with E-state index < -0.39 is 6.10 Å². The second kappa shape index (κ2) is 7.38. The van der Waals surface area contributed by atoms with Gasteiger partial charge in [-0.2, -0.15) is 0 Å². The molecule has 0 radical (unpaired) electrons. The Labute approximate surface area is 115 Å². The van der Waals surface area contributed by atoms with Crippen LogP contribution in [0.15, 0.2) is 22.7 Å². The fourth-order valence-electron chi connectivity index (χ4n) is 1.47. The summed E-state index contributed by atoms with van der Waals surface area (Å²) in [6.07, 6.45) is -0.732. The van der Waals surface area contributed by atoms with Crippen LogP contribution in [-0.4, -0.2) is 30.3 Å². The summed E-state index contributed by atoms with van der Waals surface area (Å²) in [5, 5.41) is 12.7. The second-order valence-electron chi connectivity index (χ2n) is 4.01. The zero-order valence-corrected chi connectivity index (χ0v) is 12.2. The number of anilines is 1. The zero-order valence-electron chi connectivity index (χ0n) is 10.6. The van der Waals surface area contributed by atoms with Crippen molar-refractivity contribution >= 4 is 27.6 Å². The van der Waals surface area contributed by atoms with E-state index in [-0.39, 0.29) is 12.4 Å². The molecule has 1 atom stereocenters. The van der Waals surface area contributed by atoms with Crippen LogP contribution in [0.4, 0.5) is 5.69 Å². The minimum atomic E-state index is -0.743. The number of esters is 1. The second-order valence-corrected chi connectivity index (χ2v) is 4.86. The molecular weight excluding hydrogens is 298 g/mol. The van der Waals surface area contributed by atoms with Crippen molar-refractivity contribution < 1.29 is 14.6 Å². The largest absolute Gasteiger partial charge is 0.466 e. The first kappa shape index (κ1) is 15.0. The predicted octanol–water partition coefficient (Wildman–Crippen LogP) is 2.48. The number of hydrogen-bond acceptors (Lipinski definition) is 4. The maximum atomic E-state index is 11.1. The van der Waals surface area contributed by atoms with Crippen LogP contribution in [0, 0.1) is 6.92 Å². The molecule has 0 bridgehead atoms. The topological polar surface area (TPSA) is 58.6 Å². The Kier molecular flexibility index (Phi) is 6.15. The quantitative estimate of drug-likeness (QED) is 0.792. The molecule has 1 rings (SSSR count). The van der Waals surface area contributed by atoms with Crippen LogP contribution in [0.3, 0.4) is 0 Å². The molecule has 1 aromatic rings. The summed E-state index contributed by atoms with van der Waals surface area (Å²) in [6.45, 7) is 4.39. The first-order chi connectivity index (χ1) is 8.52. The van der Waals surface area contributed by atoms with Gasteiger partial charge in [0.05, 0.1) is 19.1 Å². The number of aliphatic hydroxyl groups is 1. The molecule has 1 unspecified atom stereocenters. The molecule has 0 aliphatic carbocycles. The highest BCUT2D eigenvalue weighted by molar-refractivity contribution is 9.10. The van der Waals surface area contributed by atoms with E-state index in [0.29, 0.717) is 13.2 Å². The van der Waals surface area contributed by atoms with E-state index in [4.69, 9.17) is 4.74 Å².